The molecular weight excluding hydrogens is 373 g/mol. The van der Waals surface area contributed by atoms with Gasteiger partial charge in [0.25, 0.3) is 0 Å². The van der Waals surface area contributed by atoms with Gasteiger partial charge in [-0.05, 0) is 47.6 Å². The molecule has 1 aromatic carbocycles. The standard InChI is InChI=1S/C14H13BrFN3S2/c1-3-8-6-17-13(21-8)7(2)19-12-4-9(15)10(16)5-11(12)18-14(19)20/h4-7H,3H2,1-2H3,(H,18,20). The molecule has 0 aliphatic carbocycles. The summed E-state index contributed by atoms with van der Waals surface area (Å²) in [6.45, 7) is 4.16. The Hall–Kier alpha value is -1.05. The van der Waals surface area contributed by atoms with Gasteiger partial charge in [0.05, 0.1) is 21.5 Å². The average Bonchev–Trinajstić information content (AvgIpc) is 3.03. The zero-order chi connectivity index (χ0) is 15.1. The predicted molar refractivity (Wildman–Crippen MR) is 90.1 cm³/mol. The van der Waals surface area contributed by atoms with Crippen LogP contribution < -0.4 is 0 Å². The second-order valence-electron chi connectivity index (χ2n) is 4.78. The van der Waals surface area contributed by atoms with E-state index >= 15 is 0 Å². The number of aromatic amines is 1. The van der Waals surface area contributed by atoms with Crippen LogP contribution in [-0.4, -0.2) is 14.5 Å². The summed E-state index contributed by atoms with van der Waals surface area (Å²) in [5, 5.41) is 1.00. The molecule has 2 aromatic heterocycles. The molecule has 0 spiro atoms. The first-order valence-electron chi connectivity index (χ1n) is 6.55. The van der Waals surface area contributed by atoms with Crippen LogP contribution in [0.1, 0.15) is 29.8 Å². The van der Waals surface area contributed by atoms with E-state index in [4.69, 9.17) is 12.2 Å². The highest BCUT2D eigenvalue weighted by atomic mass is 79.9. The number of H-pyrrole nitrogens is 1. The molecule has 1 N–H and O–H groups in total. The van der Waals surface area contributed by atoms with Crippen LogP contribution >= 0.6 is 39.5 Å². The van der Waals surface area contributed by atoms with Crippen molar-refractivity contribution in [2.75, 3.05) is 0 Å². The fourth-order valence-corrected chi connectivity index (χ4v) is 3.89. The van der Waals surface area contributed by atoms with Crippen LogP contribution in [0.15, 0.2) is 22.8 Å². The minimum absolute atomic E-state index is 0.00825. The van der Waals surface area contributed by atoms with E-state index < -0.39 is 0 Å². The van der Waals surface area contributed by atoms with Crippen molar-refractivity contribution in [2.24, 2.45) is 0 Å². The molecule has 2 heterocycles. The zero-order valence-electron chi connectivity index (χ0n) is 11.5. The number of imidazole rings is 1. The molecule has 1 unspecified atom stereocenters. The molecule has 0 aliphatic heterocycles. The van der Waals surface area contributed by atoms with Crippen molar-refractivity contribution in [3.8, 4) is 0 Å². The first kappa shape index (κ1) is 14.9. The quantitative estimate of drug-likeness (QED) is 0.626. The van der Waals surface area contributed by atoms with Crippen LogP contribution in [-0.2, 0) is 6.42 Å². The highest BCUT2D eigenvalue weighted by Gasteiger charge is 2.17. The van der Waals surface area contributed by atoms with E-state index in [1.165, 1.54) is 10.9 Å². The number of benzene rings is 1. The number of halogens is 2. The molecule has 3 rings (SSSR count). The predicted octanol–water partition coefficient (Wildman–Crippen LogP) is 5.23. The van der Waals surface area contributed by atoms with Gasteiger partial charge in [-0.15, -0.1) is 11.3 Å². The monoisotopic (exact) mass is 385 g/mol. The van der Waals surface area contributed by atoms with E-state index in [1.807, 2.05) is 10.8 Å². The number of aryl methyl sites for hydroxylation is 1. The third-order valence-electron chi connectivity index (χ3n) is 3.42. The Bertz CT molecular complexity index is 865. The lowest BCUT2D eigenvalue weighted by Crippen LogP contribution is -2.06. The molecule has 0 bridgehead atoms. The number of aromatic nitrogens is 3. The summed E-state index contributed by atoms with van der Waals surface area (Å²) in [6.07, 6.45) is 2.88. The molecule has 0 radical (unpaired) electrons. The van der Waals surface area contributed by atoms with Crippen LogP contribution in [0.25, 0.3) is 11.0 Å². The van der Waals surface area contributed by atoms with Crippen LogP contribution in [0.5, 0.6) is 0 Å². The van der Waals surface area contributed by atoms with Gasteiger partial charge in [0.15, 0.2) is 4.77 Å². The fraction of sp³-hybridized carbons (Fsp3) is 0.286. The Morgan fingerprint density at radius 1 is 1.52 bits per heavy atom. The van der Waals surface area contributed by atoms with Crippen molar-refractivity contribution in [1.29, 1.82) is 0 Å². The minimum Gasteiger partial charge on any atom is -0.330 e. The number of rotatable bonds is 3. The second-order valence-corrected chi connectivity index (χ2v) is 7.17. The normalized spacial score (nSPS) is 13.0. The van der Waals surface area contributed by atoms with E-state index in [0.717, 1.165) is 16.9 Å². The Balaban J connectivity index is 2.17. The van der Waals surface area contributed by atoms with Gasteiger partial charge in [-0.1, -0.05) is 6.92 Å². The number of fused-ring (bicyclic) bond motifs is 1. The van der Waals surface area contributed by atoms with E-state index in [1.54, 1.807) is 17.4 Å². The Morgan fingerprint density at radius 3 is 2.95 bits per heavy atom. The first-order chi connectivity index (χ1) is 10.0. The van der Waals surface area contributed by atoms with Crippen LogP contribution in [0.4, 0.5) is 4.39 Å². The van der Waals surface area contributed by atoms with Crippen LogP contribution in [0, 0.1) is 10.6 Å². The van der Waals surface area contributed by atoms with Crippen molar-refractivity contribution in [3.05, 3.63) is 43.3 Å². The number of hydrogen-bond acceptors (Lipinski definition) is 3. The van der Waals surface area contributed by atoms with Gasteiger partial charge in [0.2, 0.25) is 0 Å². The van der Waals surface area contributed by atoms with Gasteiger partial charge in [0, 0.05) is 17.1 Å². The van der Waals surface area contributed by atoms with Gasteiger partial charge in [-0.25, -0.2) is 9.37 Å². The number of hydrogen-bond donors (Lipinski definition) is 1. The molecular formula is C14H13BrFN3S2. The summed E-state index contributed by atoms with van der Waals surface area (Å²) in [4.78, 5) is 8.79. The van der Waals surface area contributed by atoms with Crippen LogP contribution in [0.3, 0.4) is 0 Å². The molecule has 0 amide bonds. The molecule has 21 heavy (non-hydrogen) atoms. The molecule has 0 fully saturated rings. The summed E-state index contributed by atoms with van der Waals surface area (Å²) in [5.41, 5.74) is 1.56. The van der Waals surface area contributed by atoms with E-state index in [0.29, 0.717) is 14.8 Å². The van der Waals surface area contributed by atoms with Gasteiger partial charge >= 0.3 is 0 Å². The van der Waals surface area contributed by atoms with Crippen molar-refractivity contribution in [3.63, 3.8) is 0 Å². The Kier molecular flexibility index (Phi) is 3.98. The largest absolute Gasteiger partial charge is 0.330 e. The smallest absolute Gasteiger partial charge is 0.178 e. The number of thiazole rings is 1. The topological polar surface area (TPSA) is 33.6 Å². The van der Waals surface area contributed by atoms with Gasteiger partial charge in [0.1, 0.15) is 10.8 Å². The van der Waals surface area contributed by atoms with Crippen LogP contribution in [0.2, 0.25) is 0 Å². The highest BCUT2D eigenvalue weighted by molar-refractivity contribution is 9.10. The number of nitrogens with zero attached hydrogens (tertiary/aromatic N) is 2. The maximum Gasteiger partial charge on any atom is 0.178 e. The van der Waals surface area contributed by atoms with Crippen molar-refractivity contribution in [2.45, 2.75) is 26.3 Å². The van der Waals surface area contributed by atoms with Crippen molar-refractivity contribution >= 4 is 50.5 Å². The lowest BCUT2D eigenvalue weighted by molar-refractivity contribution is 0.621. The highest BCUT2D eigenvalue weighted by Crippen LogP contribution is 2.30. The average molecular weight is 386 g/mol. The minimum atomic E-state index is -0.305. The molecule has 0 aliphatic rings. The second kappa shape index (κ2) is 5.62. The summed E-state index contributed by atoms with van der Waals surface area (Å²) in [6, 6.07) is 3.22. The molecule has 3 nitrogen and oxygen atoms in total. The molecule has 0 saturated carbocycles. The summed E-state index contributed by atoms with van der Waals surface area (Å²) >= 11 is 10.3. The molecule has 0 saturated heterocycles. The van der Waals surface area contributed by atoms with E-state index in [-0.39, 0.29) is 11.9 Å². The lowest BCUT2D eigenvalue weighted by atomic mass is 10.2. The van der Waals surface area contributed by atoms with Gasteiger partial charge in [-0.2, -0.15) is 0 Å². The molecule has 7 heteroatoms. The fourth-order valence-electron chi connectivity index (χ4n) is 2.29. The third-order valence-corrected chi connectivity index (χ3v) is 5.64. The third kappa shape index (κ3) is 2.58. The Morgan fingerprint density at radius 2 is 2.29 bits per heavy atom. The van der Waals surface area contributed by atoms with Crippen molar-refractivity contribution in [1.82, 2.24) is 14.5 Å². The SMILES string of the molecule is CCc1cnc(C(C)n2c(=S)[nH]c3cc(F)c(Br)cc32)s1. The summed E-state index contributed by atoms with van der Waals surface area (Å²) in [7, 11) is 0. The molecule has 3 aromatic rings. The molecule has 1 atom stereocenters. The summed E-state index contributed by atoms with van der Waals surface area (Å²) < 4.78 is 16.6. The van der Waals surface area contributed by atoms with Gasteiger partial charge in [-0.3, -0.25) is 0 Å². The van der Waals surface area contributed by atoms with E-state index in [2.05, 4.69) is 39.7 Å². The maximum atomic E-state index is 13.6. The molecule has 110 valence electrons. The van der Waals surface area contributed by atoms with Gasteiger partial charge < -0.3 is 9.55 Å². The Labute approximate surface area is 139 Å². The lowest BCUT2D eigenvalue weighted by Gasteiger charge is -2.12. The maximum absolute atomic E-state index is 13.6. The zero-order valence-corrected chi connectivity index (χ0v) is 14.7. The first-order valence-corrected chi connectivity index (χ1v) is 8.57. The van der Waals surface area contributed by atoms with E-state index in [9.17, 15) is 4.39 Å². The summed E-state index contributed by atoms with van der Waals surface area (Å²) in [5.74, 6) is -0.305. The number of nitrogens with one attached hydrogen (secondary N) is 1. The van der Waals surface area contributed by atoms with Crippen molar-refractivity contribution < 1.29 is 4.39 Å².